The summed E-state index contributed by atoms with van der Waals surface area (Å²) in [5, 5.41) is 8.79. The maximum atomic E-state index is 10.7. The minimum atomic E-state index is -0.772. The van der Waals surface area contributed by atoms with Crippen molar-refractivity contribution in [3.8, 4) is 0 Å². The van der Waals surface area contributed by atoms with Crippen LogP contribution >= 0.6 is 15.9 Å². The molecule has 1 aromatic rings. The van der Waals surface area contributed by atoms with Crippen molar-refractivity contribution in [2.24, 2.45) is 0 Å². The second kappa shape index (κ2) is 4.23. The van der Waals surface area contributed by atoms with E-state index in [2.05, 4.69) is 22.0 Å². The smallest absolute Gasteiger partial charge is 0.323 e. The molecule has 0 unspecified atom stereocenters. The molecule has 15 heavy (non-hydrogen) atoms. The summed E-state index contributed by atoms with van der Waals surface area (Å²) in [7, 11) is 0. The van der Waals surface area contributed by atoms with E-state index in [0.29, 0.717) is 0 Å². The molecule has 0 radical (unpaired) electrons. The SMILES string of the molecule is O=C(O)CN1CCCc2cc(Br)ccc21. The van der Waals surface area contributed by atoms with Crippen LogP contribution in [-0.2, 0) is 11.2 Å². The summed E-state index contributed by atoms with van der Waals surface area (Å²) in [6.45, 7) is 0.926. The van der Waals surface area contributed by atoms with E-state index in [9.17, 15) is 4.79 Å². The number of carboxylic acid groups (broad SMARTS) is 1. The molecule has 0 bridgehead atoms. The molecule has 0 saturated heterocycles. The van der Waals surface area contributed by atoms with Crippen LogP contribution in [0.1, 0.15) is 12.0 Å². The minimum absolute atomic E-state index is 0.0919. The largest absolute Gasteiger partial charge is 0.480 e. The monoisotopic (exact) mass is 269 g/mol. The Bertz CT molecular complexity index is 392. The standard InChI is InChI=1S/C11H12BrNO2/c12-9-3-4-10-8(6-9)2-1-5-13(10)7-11(14)15/h3-4,6H,1-2,5,7H2,(H,14,15). The van der Waals surface area contributed by atoms with Crippen molar-refractivity contribution in [1.29, 1.82) is 0 Å². The molecule has 0 saturated carbocycles. The zero-order valence-corrected chi connectivity index (χ0v) is 9.83. The van der Waals surface area contributed by atoms with Gasteiger partial charge in [-0.3, -0.25) is 4.79 Å². The van der Waals surface area contributed by atoms with Crippen LogP contribution in [0.3, 0.4) is 0 Å². The summed E-state index contributed by atoms with van der Waals surface area (Å²) in [6, 6.07) is 6.02. The van der Waals surface area contributed by atoms with Crippen molar-refractivity contribution >= 4 is 27.6 Å². The van der Waals surface area contributed by atoms with E-state index in [1.807, 2.05) is 17.0 Å². The van der Waals surface area contributed by atoms with Gasteiger partial charge in [-0.1, -0.05) is 15.9 Å². The number of anilines is 1. The van der Waals surface area contributed by atoms with Gasteiger partial charge in [0, 0.05) is 16.7 Å². The number of fused-ring (bicyclic) bond motifs is 1. The summed E-state index contributed by atoms with van der Waals surface area (Å²) in [6.07, 6.45) is 2.06. The maximum Gasteiger partial charge on any atom is 0.323 e. The number of benzene rings is 1. The third-order valence-electron chi connectivity index (χ3n) is 2.58. The lowest BCUT2D eigenvalue weighted by molar-refractivity contribution is -0.135. The van der Waals surface area contributed by atoms with E-state index >= 15 is 0 Å². The van der Waals surface area contributed by atoms with Gasteiger partial charge in [-0.25, -0.2) is 0 Å². The second-order valence-corrected chi connectivity index (χ2v) is 4.61. The van der Waals surface area contributed by atoms with Gasteiger partial charge < -0.3 is 10.0 Å². The zero-order valence-electron chi connectivity index (χ0n) is 8.24. The average molecular weight is 270 g/mol. The number of hydrogen-bond donors (Lipinski definition) is 1. The van der Waals surface area contributed by atoms with Gasteiger partial charge >= 0.3 is 5.97 Å². The van der Waals surface area contributed by atoms with E-state index in [4.69, 9.17) is 5.11 Å². The predicted molar refractivity (Wildman–Crippen MR) is 62.3 cm³/mol. The molecule has 3 nitrogen and oxygen atoms in total. The molecule has 2 rings (SSSR count). The first-order valence-corrected chi connectivity index (χ1v) is 5.71. The fourth-order valence-electron chi connectivity index (χ4n) is 1.97. The fraction of sp³-hybridized carbons (Fsp3) is 0.364. The molecule has 1 aliphatic rings. The number of halogens is 1. The Morgan fingerprint density at radius 3 is 3.07 bits per heavy atom. The lowest BCUT2D eigenvalue weighted by Gasteiger charge is -2.29. The molecule has 1 aliphatic heterocycles. The van der Waals surface area contributed by atoms with Crippen molar-refractivity contribution in [2.75, 3.05) is 18.0 Å². The highest BCUT2D eigenvalue weighted by Gasteiger charge is 2.18. The minimum Gasteiger partial charge on any atom is -0.480 e. The highest BCUT2D eigenvalue weighted by atomic mass is 79.9. The molecule has 80 valence electrons. The van der Waals surface area contributed by atoms with Gasteiger partial charge in [0.25, 0.3) is 0 Å². The van der Waals surface area contributed by atoms with E-state index in [0.717, 1.165) is 29.5 Å². The van der Waals surface area contributed by atoms with Crippen LogP contribution in [0.2, 0.25) is 0 Å². The highest BCUT2D eigenvalue weighted by molar-refractivity contribution is 9.10. The van der Waals surface area contributed by atoms with Crippen LogP contribution in [0.15, 0.2) is 22.7 Å². The van der Waals surface area contributed by atoms with E-state index < -0.39 is 5.97 Å². The summed E-state index contributed by atoms with van der Waals surface area (Å²) in [5.41, 5.74) is 2.30. The van der Waals surface area contributed by atoms with Gasteiger partial charge in [-0.05, 0) is 36.6 Å². The van der Waals surface area contributed by atoms with Crippen molar-refractivity contribution in [2.45, 2.75) is 12.8 Å². The molecule has 1 aromatic carbocycles. The van der Waals surface area contributed by atoms with Gasteiger partial charge in [0.1, 0.15) is 6.54 Å². The maximum absolute atomic E-state index is 10.7. The summed E-state index contributed by atoms with van der Waals surface area (Å²) < 4.78 is 1.05. The van der Waals surface area contributed by atoms with Crippen LogP contribution in [-0.4, -0.2) is 24.2 Å². The molecule has 4 heteroatoms. The van der Waals surface area contributed by atoms with Gasteiger partial charge in [0.2, 0.25) is 0 Å². The molecule has 1 N–H and O–H groups in total. The normalized spacial score (nSPS) is 14.9. The molecule has 0 aromatic heterocycles. The highest BCUT2D eigenvalue weighted by Crippen LogP contribution is 2.29. The van der Waals surface area contributed by atoms with Gasteiger partial charge in [-0.15, -0.1) is 0 Å². The molecule has 0 fully saturated rings. The lowest BCUT2D eigenvalue weighted by atomic mass is 10.0. The molecule has 1 heterocycles. The van der Waals surface area contributed by atoms with Crippen molar-refractivity contribution in [1.82, 2.24) is 0 Å². The van der Waals surface area contributed by atoms with E-state index in [-0.39, 0.29) is 6.54 Å². The third-order valence-corrected chi connectivity index (χ3v) is 3.08. The average Bonchev–Trinajstić information content (AvgIpc) is 2.16. The molecule has 0 spiro atoms. The Kier molecular flexibility index (Phi) is 2.95. The topological polar surface area (TPSA) is 40.5 Å². The number of aryl methyl sites for hydroxylation is 1. The number of aliphatic carboxylic acids is 1. The molecular weight excluding hydrogens is 258 g/mol. The Labute approximate surface area is 96.8 Å². The Hall–Kier alpha value is -1.03. The van der Waals surface area contributed by atoms with Gasteiger partial charge in [-0.2, -0.15) is 0 Å². The second-order valence-electron chi connectivity index (χ2n) is 3.69. The summed E-state index contributed by atoms with van der Waals surface area (Å²) in [5.74, 6) is -0.772. The molecule has 0 aliphatic carbocycles. The Balaban J connectivity index is 2.30. The Morgan fingerprint density at radius 1 is 1.53 bits per heavy atom. The summed E-state index contributed by atoms with van der Waals surface area (Å²) >= 11 is 3.43. The zero-order chi connectivity index (χ0) is 10.8. The van der Waals surface area contributed by atoms with Gasteiger partial charge in [0.05, 0.1) is 0 Å². The number of carboxylic acids is 1. The van der Waals surface area contributed by atoms with Crippen molar-refractivity contribution in [3.05, 3.63) is 28.2 Å². The molecular formula is C11H12BrNO2. The van der Waals surface area contributed by atoms with Gasteiger partial charge in [0.15, 0.2) is 0 Å². The predicted octanol–water partition coefficient (Wildman–Crippen LogP) is 2.29. The Morgan fingerprint density at radius 2 is 2.33 bits per heavy atom. The van der Waals surface area contributed by atoms with E-state index in [1.54, 1.807) is 0 Å². The van der Waals surface area contributed by atoms with Crippen molar-refractivity contribution < 1.29 is 9.90 Å². The number of carbonyl (C=O) groups is 1. The van der Waals surface area contributed by atoms with Crippen LogP contribution in [0.25, 0.3) is 0 Å². The van der Waals surface area contributed by atoms with Crippen LogP contribution in [0, 0.1) is 0 Å². The van der Waals surface area contributed by atoms with Crippen molar-refractivity contribution in [3.63, 3.8) is 0 Å². The fourth-order valence-corrected chi connectivity index (χ4v) is 2.38. The third kappa shape index (κ3) is 2.31. The van der Waals surface area contributed by atoms with E-state index in [1.165, 1.54) is 5.56 Å². The first-order chi connectivity index (χ1) is 7.16. The molecule has 0 atom stereocenters. The van der Waals surface area contributed by atoms with Crippen LogP contribution in [0.5, 0.6) is 0 Å². The van der Waals surface area contributed by atoms with Crippen LogP contribution in [0.4, 0.5) is 5.69 Å². The lowest BCUT2D eigenvalue weighted by Crippen LogP contribution is -2.34. The molecule has 0 amide bonds. The first kappa shape index (κ1) is 10.5. The summed E-state index contributed by atoms with van der Waals surface area (Å²) in [4.78, 5) is 12.6. The number of nitrogens with zero attached hydrogens (tertiary/aromatic N) is 1. The first-order valence-electron chi connectivity index (χ1n) is 4.92. The number of hydrogen-bond acceptors (Lipinski definition) is 2. The number of rotatable bonds is 2. The van der Waals surface area contributed by atoms with Crippen LogP contribution < -0.4 is 4.90 Å². The quantitative estimate of drug-likeness (QED) is 0.896.